The number of aliphatic hydroxyl groups excluding tert-OH is 2. The Morgan fingerprint density at radius 1 is 1.30 bits per heavy atom. The minimum atomic E-state index is -1.08. The molecule has 20 heavy (non-hydrogen) atoms. The molecule has 4 rings (SSSR count). The van der Waals surface area contributed by atoms with Gasteiger partial charge in [-0.3, -0.25) is 4.57 Å². The smallest absolute Gasteiger partial charge is 0.167 e. The number of nitrogens with two attached hydrogens (primary N) is 1. The molecule has 0 amide bonds. The Morgan fingerprint density at radius 3 is 2.80 bits per heavy atom. The van der Waals surface area contributed by atoms with E-state index in [2.05, 4.69) is 15.0 Å². The second-order valence-electron chi connectivity index (χ2n) is 4.99. The Balaban J connectivity index is 1.77. The molecule has 2 aromatic heterocycles. The summed E-state index contributed by atoms with van der Waals surface area (Å²) in [6.07, 6.45) is 1.84. The first-order chi connectivity index (χ1) is 9.70. The lowest BCUT2D eigenvalue weighted by Crippen LogP contribution is -2.43. The molecule has 0 saturated carbocycles. The maximum atomic E-state index is 9.45. The van der Waals surface area contributed by atoms with Crippen LogP contribution in [0.25, 0.3) is 11.2 Å². The van der Waals surface area contributed by atoms with Crippen molar-refractivity contribution in [1.82, 2.24) is 19.5 Å². The highest BCUT2D eigenvalue weighted by Crippen LogP contribution is 2.51. The molecular formula is C11H13N5O4. The first kappa shape index (κ1) is 12.0. The molecule has 2 aliphatic heterocycles. The lowest BCUT2D eigenvalue weighted by molar-refractivity contribution is -0.168. The fourth-order valence-electron chi connectivity index (χ4n) is 2.71. The van der Waals surface area contributed by atoms with Gasteiger partial charge in [0.15, 0.2) is 17.7 Å². The molecule has 2 aromatic rings. The number of imidazole rings is 1. The summed E-state index contributed by atoms with van der Waals surface area (Å²) in [4.78, 5) is 12.2. The highest BCUT2D eigenvalue weighted by atomic mass is 16.7. The summed E-state index contributed by atoms with van der Waals surface area (Å²) >= 11 is 0. The Bertz CT molecular complexity index is 670. The Morgan fingerprint density at radius 2 is 2.10 bits per heavy atom. The molecule has 2 aliphatic rings. The minimum absolute atomic E-state index is 0.233. The van der Waals surface area contributed by atoms with Gasteiger partial charge in [-0.05, 0) is 0 Å². The summed E-state index contributed by atoms with van der Waals surface area (Å²) in [5.41, 5.74) is 5.68. The van der Waals surface area contributed by atoms with E-state index in [1.807, 2.05) is 0 Å². The maximum Gasteiger partial charge on any atom is 0.167 e. The molecule has 9 heteroatoms. The lowest BCUT2D eigenvalue weighted by atomic mass is 10.0. The molecule has 4 N–H and O–H groups in total. The number of anilines is 1. The molecule has 106 valence electrons. The number of fused-ring (bicyclic) bond motifs is 2. The van der Waals surface area contributed by atoms with Crippen molar-refractivity contribution in [2.24, 2.45) is 0 Å². The minimum Gasteiger partial charge on any atom is -0.393 e. The summed E-state index contributed by atoms with van der Waals surface area (Å²) < 4.78 is 13.0. The molecule has 0 aliphatic carbocycles. The van der Waals surface area contributed by atoms with E-state index in [4.69, 9.17) is 15.2 Å². The van der Waals surface area contributed by atoms with Crippen molar-refractivity contribution < 1.29 is 19.7 Å². The third kappa shape index (κ3) is 1.37. The third-order valence-corrected chi connectivity index (χ3v) is 3.88. The zero-order valence-electron chi connectivity index (χ0n) is 10.4. The number of aliphatic hydroxyl groups is 2. The number of nitrogens with zero attached hydrogens (tertiary/aromatic N) is 4. The number of epoxide rings is 1. The van der Waals surface area contributed by atoms with E-state index >= 15 is 0 Å². The van der Waals surface area contributed by atoms with E-state index in [9.17, 15) is 10.2 Å². The van der Waals surface area contributed by atoms with Crippen molar-refractivity contribution in [2.75, 3.05) is 18.9 Å². The fraction of sp³-hybridized carbons (Fsp3) is 0.545. The van der Waals surface area contributed by atoms with Crippen LogP contribution < -0.4 is 5.73 Å². The highest BCUT2D eigenvalue weighted by Gasteiger charge is 2.67. The third-order valence-electron chi connectivity index (χ3n) is 3.88. The molecule has 0 aromatic carbocycles. The van der Waals surface area contributed by atoms with Crippen LogP contribution in [0.5, 0.6) is 0 Å². The largest absolute Gasteiger partial charge is 0.393 e. The maximum absolute atomic E-state index is 9.45. The summed E-state index contributed by atoms with van der Waals surface area (Å²) in [6.45, 7) is -0.629. The van der Waals surface area contributed by atoms with Gasteiger partial charge in [0.05, 0.1) is 19.5 Å². The van der Waals surface area contributed by atoms with Crippen molar-refractivity contribution >= 4 is 17.0 Å². The summed E-state index contributed by atoms with van der Waals surface area (Å²) in [5.74, 6) is 0.288. The van der Waals surface area contributed by atoms with E-state index < -0.39 is 11.8 Å². The lowest BCUT2D eigenvalue weighted by Gasteiger charge is -2.27. The first-order valence-corrected chi connectivity index (χ1v) is 6.18. The molecule has 2 saturated heterocycles. The molecule has 0 radical (unpaired) electrons. The van der Waals surface area contributed by atoms with Crippen LogP contribution in [0.3, 0.4) is 0 Å². The summed E-state index contributed by atoms with van der Waals surface area (Å²) in [6, 6.07) is 0. The molecule has 2 fully saturated rings. The molecular weight excluding hydrogens is 266 g/mol. The molecule has 9 nitrogen and oxygen atoms in total. The SMILES string of the molecule is Nc1ncnc2c1ncn2[C@@H]1OC(CO)(CO)[C@H]2O[C@@H]12. The van der Waals surface area contributed by atoms with E-state index in [0.29, 0.717) is 11.2 Å². The van der Waals surface area contributed by atoms with Gasteiger partial charge in [0.2, 0.25) is 0 Å². The second-order valence-corrected chi connectivity index (χ2v) is 4.99. The Hall–Kier alpha value is -1.81. The number of ether oxygens (including phenoxy) is 2. The second kappa shape index (κ2) is 3.85. The van der Waals surface area contributed by atoms with Gasteiger partial charge in [0.25, 0.3) is 0 Å². The van der Waals surface area contributed by atoms with Gasteiger partial charge < -0.3 is 25.4 Å². The van der Waals surface area contributed by atoms with Gasteiger partial charge in [-0.1, -0.05) is 0 Å². The quantitative estimate of drug-likeness (QED) is 0.574. The van der Waals surface area contributed by atoms with Gasteiger partial charge in [0.1, 0.15) is 29.7 Å². The van der Waals surface area contributed by atoms with Crippen molar-refractivity contribution in [3.8, 4) is 0 Å². The normalized spacial score (nSPS) is 30.6. The van der Waals surface area contributed by atoms with E-state index in [0.717, 1.165) is 0 Å². The zero-order chi connectivity index (χ0) is 13.9. The molecule has 4 heterocycles. The molecule has 0 unspecified atom stereocenters. The number of hydrogen-bond acceptors (Lipinski definition) is 8. The number of nitrogen functional groups attached to an aromatic ring is 1. The van der Waals surface area contributed by atoms with Crippen LogP contribution in [-0.2, 0) is 9.47 Å². The fourth-order valence-corrected chi connectivity index (χ4v) is 2.71. The molecule has 3 atom stereocenters. The standard InChI is InChI=1S/C11H13N5O4/c12-8-5-9(14-3-13-8)16(4-15-5)10-6-7(19-6)11(1-17,2-18)20-10/h3-4,6-7,10,17-18H,1-2H2,(H2,12,13,14)/t6-,7+,10-/m1/s1. The molecule has 0 bridgehead atoms. The van der Waals surface area contributed by atoms with Crippen molar-refractivity contribution in [3.05, 3.63) is 12.7 Å². The number of hydrogen-bond donors (Lipinski definition) is 3. The Labute approximate surface area is 113 Å². The van der Waals surface area contributed by atoms with Crippen LogP contribution in [-0.4, -0.2) is 60.8 Å². The average molecular weight is 279 g/mol. The van der Waals surface area contributed by atoms with Gasteiger partial charge in [-0.25, -0.2) is 15.0 Å². The van der Waals surface area contributed by atoms with Gasteiger partial charge in [0, 0.05) is 0 Å². The predicted molar refractivity (Wildman–Crippen MR) is 65.4 cm³/mol. The number of aromatic nitrogens is 4. The first-order valence-electron chi connectivity index (χ1n) is 6.18. The van der Waals surface area contributed by atoms with Crippen molar-refractivity contribution in [1.29, 1.82) is 0 Å². The summed E-state index contributed by atoms with van der Waals surface area (Å²) in [7, 11) is 0. The monoisotopic (exact) mass is 279 g/mol. The van der Waals surface area contributed by atoms with Crippen molar-refractivity contribution in [2.45, 2.75) is 24.0 Å². The van der Waals surface area contributed by atoms with Crippen LogP contribution in [0.1, 0.15) is 6.23 Å². The van der Waals surface area contributed by atoms with Crippen LogP contribution in [0.4, 0.5) is 5.82 Å². The summed E-state index contributed by atoms with van der Waals surface area (Å²) in [5, 5.41) is 18.9. The predicted octanol–water partition coefficient (Wildman–Crippen LogP) is -1.57. The van der Waals surface area contributed by atoms with E-state index in [1.54, 1.807) is 10.9 Å². The highest BCUT2D eigenvalue weighted by molar-refractivity contribution is 5.81. The Kier molecular flexibility index (Phi) is 2.31. The van der Waals surface area contributed by atoms with E-state index in [1.165, 1.54) is 6.33 Å². The number of rotatable bonds is 3. The van der Waals surface area contributed by atoms with Gasteiger partial charge >= 0.3 is 0 Å². The van der Waals surface area contributed by atoms with Crippen LogP contribution in [0.2, 0.25) is 0 Å². The topological polar surface area (TPSA) is 132 Å². The van der Waals surface area contributed by atoms with Gasteiger partial charge in [-0.15, -0.1) is 0 Å². The zero-order valence-corrected chi connectivity index (χ0v) is 10.4. The van der Waals surface area contributed by atoms with Crippen LogP contribution in [0, 0.1) is 0 Å². The van der Waals surface area contributed by atoms with Crippen LogP contribution >= 0.6 is 0 Å². The van der Waals surface area contributed by atoms with Crippen molar-refractivity contribution in [3.63, 3.8) is 0 Å². The van der Waals surface area contributed by atoms with Gasteiger partial charge in [-0.2, -0.15) is 0 Å². The van der Waals surface area contributed by atoms with Crippen LogP contribution in [0.15, 0.2) is 12.7 Å². The van der Waals surface area contributed by atoms with E-state index in [-0.39, 0.29) is 31.2 Å². The molecule has 0 spiro atoms. The average Bonchev–Trinajstić information content (AvgIpc) is 3.04.